The molecule has 0 aliphatic heterocycles. The Hall–Kier alpha value is -1.07. The molecule has 1 aromatic rings. The van der Waals surface area contributed by atoms with Crippen LogP contribution in [-0.2, 0) is 24.8 Å². The zero-order valence-corrected chi connectivity index (χ0v) is 11.3. The van der Waals surface area contributed by atoms with Crippen molar-refractivity contribution in [3.63, 3.8) is 0 Å². The first-order chi connectivity index (χ1) is 7.79. The van der Waals surface area contributed by atoms with Gasteiger partial charge in [-0.1, -0.05) is 18.5 Å². The molecule has 0 atom stereocenters. The number of carboxylic acids is 1. The molecule has 0 radical (unpaired) electrons. The highest BCUT2D eigenvalue weighted by Crippen LogP contribution is 2.21. The molecule has 96 valence electrons. The summed E-state index contributed by atoms with van der Waals surface area (Å²) in [5, 5.41) is 16.8. The molecule has 5 nitrogen and oxygen atoms in total. The van der Waals surface area contributed by atoms with Crippen molar-refractivity contribution in [2.24, 2.45) is 7.05 Å². The van der Waals surface area contributed by atoms with Crippen LogP contribution in [0.3, 0.4) is 0 Å². The summed E-state index contributed by atoms with van der Waals surface area (Å²) in [6.07, 6.45) is 0.759. The topological polar surface area (TPSA) is 67.2 Å². The number of aromatic nitrogens is 2. The third kappa shape index (κ3) is 2.98. The lowest BCUT2D eigenvalue weighted by Crippen LogP contribution is -2.46. The van der Waals surface area contributed by atoms with E-state index in [1.165, 1.54) is 0 Å². The molecule has 0 fully saturated rings. The van der Waals surface area contributed by atoms with Crippen molar-refractivity contribution in [1.29, 1.82) is 0 Å². The van der Waals surface area contributed by atoms with Crippen molar-refractivity contribution in [2.45, 2.75) is 39.3 Å². The van der Waals surface area contributed by atoms with E-state index in [1.807, 2.05) is 6.92 Å². The number of hydrogen-bond acceptors (Lipinski definition) is 3. The first-order valence-electron chi connectivity index (χ1n) is 5.48. The van der Waals surface area contributed by atoms with Gasteiger partial charge in [-0.25, -0.2) is 0 Å². The van der Waals surface area contributed by atoms with Gasteiger partial charge in [0.05, 0.1) is 16.4 Å². The van der Waals surface area contributed by atoms with E-state index in [9.17, 15) is 4.79 Å². The van der Waals surface area contributed by atoms with Gasteiger partial charge in [-0.2, -0.15) is 5.10 Å². The fourth-order valence-electron chi connectivity index (χ4n) is 1.39. The van der Waals surface area contributed by atoms with E-state index >= 15 is 0 Å². The Morgan fingerprint density at radius 1 is 1.59 bits per heavy atom. The molecule has 1 aromatic heterocycles. The molecule has 17 heavy (non-hydrogen) atoms. The summed E-state index contributed by atoms with van der Waals surface area (Å²) in [5.74, 6) is -0.897. The predicted octanol–water partition coefficient (Wildman–Crippen LogP) is 1.59. The van der Waals surface area contributed by atoms with E-state index in [0.717, 1.165) is 17.8 Å². The van der Waals surface area contributed by atoms with Crippen LogP contribution in [0.2, 0.25) is 5.02 Å². The number of carboxylic acid groups (broad SMARTS) is 1. The third-order valence-electron chi connectivity index (χ3n) is 2.74. The molecule has 6 heteroatoms. The van der Waals surface area contributed by atoms with Gasteiger partial charge in [-0.3, -0.25) is 14.8 Å². The normalized spacial score (nSPS) is 11.8. The molecule has 0 spiro atoms. The Balaban J connectivity index is 2.83. The smallest absolute Gasteiger partial charge is 0.323 e. The molecule has 0 aliphatic rings. The lowest BCUT2D eigenvalue weighted by atomic mass is 10.1. The molecule has 0 aliphatic carbocycles. The van der Waals surface area contributed by atoms with Crippen molar-refractivity contribution in [2.75, 3.05) is 0 Å². The van der Waals surface area contributed by atoms with Crippen molar-refractivity contribution in [1.82, 2.24) is 15.1 Å². The second-order valence-electron chi connectivity index (χ2n) is 4.47. The molecule has 2 N–H and O–H groups in total. The summed E-state index contributed by atoms with van der Waals surface area (Å²) >= 11 is 6.17. The maximum atomic E-state index is 11.0. The first-order valence-corrected chi connectivity index (χ1v) is 5.86. The number of rotatable bonds is 5. The van der Waals surface area contributed by atoms with Crippen LogP contribution in [0.5, 0.6) is 0 Å². The molecule has 0 saturated heterocycles. The van der Waals surface area contributed by atoms with Gasteiger partial charge in [0, 0.05) is 13.6 Å². The molecule has 0 amide bonds. The molecular weight excluding hydrogens is 242 g/mol. The monoisotopic (exact) mass is 259 g/mol. The first kappa shape index (κ1) is 14.0. The van der Waals surface area contributed by atoms with Crippen molar-refractivity contribution in [3.8, 4) is 0 Å². The van der Waals surface area contributed by atoms with E-state index in [1.54, 1.807) is 25.6 Å². The fourth-order valence-corrected chi connectivity index (χ4v) is 1.75. The molecular formula is C11H18ClN3O2. The van der Waals surface area contributed by atoms with E-state index in [0.29, 0.717) is 11.6 Å². The quantitative estimate of drug-likeness (QED) is 0.843. The Morgan fingerprint density at radius 3 is 2.59 bits per heavy atom. The standard InChI is InChI=1S/C11H18ClN3O2/c1-5-7-9(12)8(15(4)14-7)6-13-11(2,3)10(16)17/h13H,5-6H2,1-4H3,(H,16,17). The number of hydrogen-bond donors (Lipinski definition) is 2. The minimum Gasteiger partial charge on any atom is -0.480 e. The third-order valence-corrected chi connectivity index (χ3v) is 3.17. The van der Waals surface area contributed by atoms with E-state index in [2.05, 4.69) is 10.4 Å². The highest BCUT2D eigenvalue weighted by atomic mass is 35.5. The zero-order valence-electron chi connectivity index (χ0n) is 10.5. The number of nitrogens with zero attached hydrogens (tertiary/aromatic N) is 2. The van der Waals surface area contributed by atoms with E-state index in [-0.39, 0.29) is 0 Å². The van der Waals surface area contributed by atoms with Gasteiger partial charge < -0.3 is 5.11 Å². The number of aryl methyl sites for hydroxylation is 2. The molecule has 1 heterocycles. The van der Waals surface area contributed by atoms with Gasteiger partial charge in [0.25, 0.3) is 0 Å². The summed E-state index contributed by atoms with van der Waals surface area (Å²) in [5.41, 5.74) is 0.650. The van der Waals surface area contributed by atoms with Crippen LogP contribution in [0.25, 0.3) is 0 Å². The number of nitrogens with one attached hydrogen (secondary N) is 1. The minimum absolute atomic E-state index is 0.377. The van der Waals surface area contributed by atoms with Crippen molar-refractivity contribution < 1.29 is 9.90 Å². The lowest BCUT2D eigenvalue weighted by Gasteiger charge is -2.21. The Morgan fingerprint density at radius 2 is 2.18 bits per heavy atom. The predicted molar refractivity (Wildman–Crippen MR) is 66.2 cm³/mol. The van der Waals surface area contributed by atoms with Gasteiger partial charge in [-0.05, 0) is 20.3 Å². The minimum atomic E-state index is -0.986. The Kier molecular flexibility index (Phi) is 4.16. The van der Waals surface area contributed by atoms with Crippen LogP contribution >= 0.6 is 11.6 Å². The summed E-state index contributed by atoms with van der Waals surface area (Å²) in [6, 6.07) is 0. The maximum Gasteiger partial charge on any atom is 0.323 e. The fraction of sp³-hybridized carbons (Fsp3) is 0.636. The second-order valence-corrected chi connectivity index (χ2v) is 4.85. The van der Waals surface area contributed by atoms with Gasteiger partial charge >= 0.3 is 5.97 Å². The van der Waals surface area contributed by atoms with Crippen LogP contribution in [0, 0.1) is 0 Å². The Bertz CT molecular complexity index is 427. The zero-order chi connectivity index (χ0) is 13.2. The van der Waals surface area contributed by atoms with Crippen molar-refractivity contribution >= 4 is 17.6 Å². The average molecular weight is 260 g/mol. The van der Waals surface area contributed by atoms with Crippen LogP contribution in [0.1, 0.15) is 32.2 Å². The van der Waals surface area contributed by atoms with Gasteiger partial charge in [0.1, 0.15) is 5.54 Å². The number of halogens is 1. The highest BCUT2D eigenvalue weighted by Gasteiger charge is 2.27. The molecule has 0 saturated carbocycles. The van der Waals surface area contributed by atoms with Crippen LogP contribution in [-0.4, -0.2) is 26.4 Å². The van der Waals surface area contributed by atoms with E-state index < -0.39 is 11.5 Å². The van der Waals surface area contributed by atoms with Crippen LogP contribution in [0.15, 0.2) is 0 Å². The average Bonchev–Trinajstić information content (AvgIpc) is 2.51. The molecule has 0 unspecified atom stereocenters. The SMILES string of the molecule is CCc1nn(C)c(CNC(C)(C)C(=O)O)c1Cl. The summed E-state index contributed by atoms with van der Waals surface area (Å²) in [6.45, 7) is 5.58. The van der Waals surface area contributed by atoms with Gasteiger partial charge in [-0.15, -0.1) is 0 Å². The number of carbonyl (C=O) groups is 1. The molecule has 0 bridgehead atoms. The summed E-state index contributed by atoms with van der Waals surface area (Å²) < 4.78 is 1.69. The summed E-state index contributed by atoms with van der Waals surface area (Å²) in [4.78, 5) is 11.0. The van der Waals surface area contributed by atoms with Crippen LogP contribution < -0.4 is 5.32 Å². The Labute approximate surface area is 106 Å². The van der Waals surface area contributed by atoms with Crippen molar-refractivity contribution in [3.05, 3.63) is 16.4 Å². The summed E-state index contributed by atoms with van der Waals surface area (Å²) in [7, 11) is 1.80. The largest absolute Gasteiger partial charge is 0.480 e. The number of aliphatic carboxylic acids is 1. The second kappa shape index (κ2) is 5.06. The highest BCUT2D eigenvalue weighted by molar-refractivity contribution is 6.31. The van der Waals surface area contributed by atoms with Gasteiger partial charge in [0.2, 0.25) is 0 Å². The van der Waals surface area contributed by atoms with E-state index in [4.69, 9.17) is 16.7 Å². The van der Waals surface area contributed by atoms with Gasteiger partial charge in [0.15, 0.2) is 0 Å². The van der Waals surface area contributed by atoms with Crippen LogP contribution in [0.4, 0.5) is 0 Å². The molecule has 1 rings (SSSR count). The maximum absolute atomic E-state index is 11.0. The lowest BCUT2D eigenvalue weighted by molar-refractivity contribution is -0.143. The molecule has 0 aromatic carbocycles.